The number of aryl methyl sites for hydroxylation is 2. The Kier molecular flexibility index (Phi) is 6.67. The van der Waals surface area contributed by atoms with E-state index >= 15 is 0 Å². The standard InChI is InChI=1S/C26H27N3O5/c1-17-8-10-18(11-9-17)23(30)21-22(19-6-4-7-20(33-2)25(19)34-3)29(26(32)24(21)31)14-5-13-28-15-12-27-16-28/h4,6-12,15-16,22,30H,5,13-14H2,1-3H3. The number of carbonyl (C=O) groups is 2. The highest BCUT2D eigenvalue weighted by Gasteiger charge is 2.47. The second-order valence-corrected chi connectivity index (χ2v) is 8.10. The minimum atomic E-state index is -0.825. The molecule has 0 bridgehead atoms. The summed E-state index contributed by atoms with van der Waals surface area (Å²) in [5.74, 6) is -0.722. The number of methoxy groups -OCH3 is 2. The lowest BCUT2D eigenvalue weighted by Gasteiger charge is -2.27. The first-order valence-electron chi connectivity index (χ1n) is 11.0. The van der Waals surface area contributed by atoms with E-state index in [1.165, 1.54) is 19.1 Å². The van der Waals surface area contributed by atoms with Gasteiger partial charge in [-0.25, -0.2) is 4.98 Å². The van der Waals surface area contributed by atoms with E-state index < -0.39 is 17.7 Å². The van der Waals surface area contributed by atoms with Crippen LogP contribution in [-0.2, 0) is 16.1 Å². The maximum absolute atomic E-state index is 13.2. The van der Waals surface area contributed by atoms with Crippen LogP contribution in [0.3, 0.4) is 0 Å². The molecule has 1 amide bonds. The molecular weight excluding hydrogens is 434 g/mol. The van der Waals surface area contributed by atoms with Gasteiger partial charge < -0.3 is 24.0 Å². The van der Waals surface area contributed by atoms with Gasteiger partial charge in [-0.15, -0.1) is 0 Å². The highest BCUT2D eigenvalue weighted by molar-refractivity contribution is 6.46. The molecule has 1 aliphatic rings. The Morgan fingerprint density at radius 1 is 1.06 bits per heavy atom. The number of ether oxygens (including phenoxy) is 2. The SMILES string of the molecule is COc1cccc(C2C(=C(O)c3ccc(C)cc3)C(=O)C(=O)N2CCCn2ccnc2)c1OC. The Morgan fingerprint density at radius 3 is 2.47 bits per heavy atom. The van der Waals surface area contributed by atoms with Gasteiger partial charge in [-0.05, 0) is 19.4 Å². The number of likely N-dealkylation sites (tertiary alicyclic amines) is 1. The van der Waals surface area contributed by atoms with E-state index in [9.17, 15) is 14.7 Å². The fourth-order valence-electron chi connectivity index (χ4n) is 4.27. The average molecular weight is 462 g/mol. The molecule has 1 aromatic heterocycles. The number of hydrogen-bond donors (Lipinski definition) is 1. The molecule has 1 aliphatic heterocycles. The van der Waals surface area contributed by atoms with Crippen molar-refractivity contribution in [2.24, 2.45) is 0 Å². The van der Waals surface area contributed by atoms with Crippen molar-refractivity contribution in [3.63, 3.8) is 0 Å². The minimum absolute atomic E-state index is 0.0306. The van der Waals surface area contributed by atoms with Crippen LogP contribution in [0.1, 0.15) is 29.2 Å². The molecule has 0 aliphatic carbocycles. The van der Waals surface area contributed by atoms with Crippen molar-refractivity contribution in [3.8, 4) is 11.5 Å². The predicted octanol–water partition coefficient (Wildman–Crippen LogP) is 3.72. The number of Topliss-reactive ketones (excluding diaryl/α,β-unsaturated/α-hetero) is 1. The van der Waals surface area contributed by atoms with Crippen molar-refractivity contribution in [1.82, 2.24) is 14.5 Å². The van der Waals surface area contributed by atoms with E-state index in [0.29, 0.717) is 42.1 Å². The fourth-order valence-corrected chi connectivity index (χ4v) is 4.27. The molecule has 1 unspecified atom stereocenters. The summed E-state index contributed by atoms with van der Waals surface area (Å²) in [6.45, 7) is 2.87. The molecule has 0 saturated carbocycles. The molecule has 1 saturated heterocycles. The summed E-state index contributed by atoms with van der Waals surface area (Å²) in [6, 6.07) is 11.6. The van der Waals surface area contributed by atoms with Crippen molar-refractivity contribution in [2.75, 3.05) is 20.8 Å². The van der Waals surface area contributed by atoms with E-state index in [4.69, 9.17) is 9.47 Å². The number of amides is 1. The number of para-hydroxylation sites is 1. The van der Waals surface area contributed by atoms with Crippen LogP contribution in [0.2, 0.25) is 0 Å². The molecular formula is C26H27N3O5. The molecule has 0 radical (unpaired) electrons. The summed E-state index contributed by atoms with van der Waals surface area (Å²) >= 11 is 0. The molecule has 8 heteroatoms. The molecule has 34 heavy (non-hydrogen) atoms. The number of aromatic nitrogens is 2. The Balaban J connectivity index is 1.81. The van der Waals surface area contributed by atoms with Gasteiger partial charge in [-0.3, -0.25) is 9.59 Å². The van der Waals surface area contributed by atoms with Crippen LogP contribution >= 0.6 is 0 Å². The third-order valence-corrected chi connectivity index (χ3v) is 5.97. The number of carbonyl (C=O) groups excluding carboxylic acids is 2. The number of hydrogen-bond acceptors (Lipinski definition) is 6. The zero-order valence-corrected chi connectivity index (χ0v) is 19.4. The normalized spacial score (nSPS) is 17.3. The first-order chi connectivity index (χ1) is 16.5. The Bertz CT molecular complexity index is 1220. The maximum Gasteiger partial charge on any atom is 0.295 e. The van der Waals surface area contributed by atoms with Gasteiger partial charge >= 0.3 is 0 Å². The van der Waals surface area contributed by atoms with Crippen LogP contribution < -0.4 is 9.47 Å². The Morgan fingerprint density at radius 2 is 1.82 bits per heavy atom. The van der Waals surface area contributed by atoms with Crippen LogP contribution in [0.4, 0.5) is 0 Å². The summed E-state index contributed by atoms with van der Waals surface area (Å²) in [5.41, 5.74) is 2.08. The number of aliphatic hydroxyl groups excluding tert-OH is 1. The van der Waals surface area contributed by atoms with Crippen molar-refractivity contribution in [2.45, 2.75) is 25.9 Å². The molecule has 0 spiro atoms. The van der Waals surface area contributed by atoms with Crippen LogP contribution in [-0.4, -0.2) is 52.0 Å². The van der Waals surface area contributed by atoms with E-state index in [0.717, 1.165) is 5.56 Å². The molecule has 8 nitrogen and oxygen atoms in total. The van der Waals surface area contributed by atoms with E-state index in [-0.39, 0.29) is 11.3 Å². The first-order valence-corrected chi connectivity index (χ1v) is 11.0. The molecule has 3 aromatic rings. The summed E-state index contributed by atoms with van der Waals surface area (Å²) < 4.78 is 13.0. The number of benzene rings is 2. The van der Waals surface area contributed by atoms with Gasteiger partial charge in [-0.1, -0.05) is 42.0 Å². The summed E-state index contributed by atoms with van der Waals surface area (Å²) in [6.07, 6.45) is 5.83. The number of nitrogens with zero attached hydrogens (tertiary/aromatic N) is 3. The number of aliphatic hydroxyl groups is 1. The van der Waals surface area contributed by atoms with Gasteiger partial charge in [0, 0.05) is 36.6 Å². The zero-order chi connectivity index (χ0) is 24.2. The lowest BCUT2D eigenvalue weighted by molar-refractivity contribution is -0.140. The topological polar surface area (TPSA) is 93.9 Å². The second kappa shape index (κ2) is 9.82. The monoisotopic (exact) mass is 461 g/mol. The average Bonchev–Trinajstić information content (AvgIpc) is 3.45. The number of imidazole rings is 1. The number of ketones is 1. The highest BCUT2D eigenvalue weighted by Crippen LogP contribution is 2.45. The van der Waals surface area contributed by atoms with Gasteiger partial charge in [0.15, 0.2) is 11.5 Å². The summed E-state index contributed by atoms with van der Waals surface area (Å²) in [4.78, 5) is 31.9. The molecule has 1 fully saturated rings. The lowest BCUT2D eigenvalue weighted by Crippen LogP contribution is -2.31. The zero-order valence-electron chi connectivity index (χ0n) is 19.4. The molecule has 1 N–H and O–H groups in total. The van der Waals surface area contributed by atoms with Crippen LogP contribution in [0.15, 0.2) is 66.8 Å². The number of rotatable bonds is 8. The Hall–Kier alpha value is -4.07. The van der Waals surface area contributed by atoms with Gasteiger partial charge in [0.1, 0.15) is 5.76 Å². The lowest BCUT2D eigenvalue weighted by atomic mass is 9.94. The molecule has 176 valence electrons. The van der Waals surface area contributed by atoms with Gasteiger partial charge in [0.25, 0.3) is 11.7 Å². The van der Waals surface area contributed by atoms with Crippen molar-refractivity contribution in [3.05, 3.63) is 83.4 Å². The maximum atomic E-state index is 13.2. The van der Waals surface area contributed by atoms with E-state index in [2.05, 4.69) is 4.98 Å². The van der Waals surface area contributed by atoms with Crippen LogP contribution in [0, 0.1) is 6.92 Å². The van der Waals surface area contributed by atoms with Crippen molar-refractivity contribution in [1.29, 1.82) is 0 Å². The molecule has 4 rings (SSSR count). The largest absolute Gasteiger partial charge is 0.507 e. The van der Waals surface area contributed by atoms with E-state index in [1.807, 2.05) is 29.8 Å². The summed E-state index contributed by atoms with van der Waals surface area (Å²) in [5, 5.41) is 11.2. The summed E-state index contributed by atoms with van der Waals surface area (Å²) in [7, 11) is 3.03. The Labute approximate surface area is 198 Å². The van der Waals surface area contributed by atoms with Crippen molar-refractivity contribution >= 4 is 17.4 Å². The second-order valence-electron chi connectivity index (χ2n) is 8.10. The van der Waals surface area contributed by atoms with Gasteiger partial charge in [0.05, 0.1) is 32.2 Å². The molecule has 2 aromatic carbocycles. The molecule has 2 heterocycles. The quantitative estimate of drug-likeness (QED) is 0.312. The van der Waals surface area contributed by atoms with Crippen LogP contribution in [0.25, 0.3) is 5.76 Å². The predicted molar refractivity (Wildman–Crippen MR) is 127 cm³/mol. The van der Waals surface area contributed by atoms with Crippen LogP contribution in [0.5, 0.6) is 11.5 Å². The fraction of sp³-hybridized carbons (Fsp3) is 0.269. The third kappa shape index (κ3) is 4.26. The van der Waals surface area contributed by atoms with Gasteiger partial charge in [0.2, 0.25) is 0 Å². The van der Waals surface area contributed by atoms with Crippen molar-refractivity contribution < 1.29 is 24.2 Å². The molecule has 1 atom stereocenters. The minimum Gasteiger partial charge on any atom is -0.507 e. The third-order valence-electron chi connectivity index (χ3n) is 5.97. The smallest absolute Gasteiger partial charge is 0.295 e. The first kappa shape index (κ1) is 23.1. The van der Waals surface area contributed by atoms with Gasteiger partial charge in [-0.2, -0.15) is 0 Å². The highest BCUT2D eigenvalue weighted by atomic mass is 16.5. The van der Waals surface area contributed by atoms with E-state index in [1.54, 1.807) is 42.9 Å².